The van der Waals surface area contributed by atoms with Crippen molar-refractivity contribution in [2.45, 2.75) is 25.0 Å². The molecule has 2 rings (SSSR count). The van der Waals surface area contributed by atoms with Crippen LogP contribution in [0.2, 0.25) is 0 Å². The number of halogens is 1. The van der Waals surface area contributed by atoms with E-state index in [0.29, 0.717) is 18.0 Å². The van der Waals surface area contributed by atoms with E-state index in [0.717, 1.165) is 0 Å². The summed E-state index contributed by atoms with van der Waals surface area (Å²) in [6, 6.07) is 0.530. The molecule has 1 unspecified atom stereocenters. The minimum absolute atomic E-state index is 0.407. The Morgan fingerprint density at radius 1 is 1.54 bits per heavy atom. The highest BCUT2D eigenvalue weighted by atomic mass is 32.2. The summed E-state index contributed by atoms with van der Waals surface area (Å²) in [6.45, 7) is -0.231. The van der Waals surface area contributed by atoms with Crippen LogP contribution in [0, 0.1) is 5.41 Å². The summed E-state index contributed by atoms with van der Waals surface area (Å²) in [5.41, 5.74) is 0.628. The Balaban J connectivity index is 1.59. The first-order valence-corrected chi connectivity index (χ1v) is 5.95. The first-order valence-electron chi connectivity index (χ1n) is 4.79. The van der Waals surface area contributed by atoms with E-state index in [1.807, 2.05) is 11.8 Å². The van der Waals surface area contributed by atoms with E-state index < -0.39 is 12.8 Å². The van der Waals surface area contributed by atoms with Gasteiger partial charge in [0.15, 0.2) is 0 Å². The second-order valence-corrected chi connectivity index (χ2v) is 5.30. The molecule has 0 aromatic carbocycles. The van der Waals surface area contributed by atoms with Gasteiger partial charge in [0, 0.05) is 12.6 Å². The first-order chi connectivity index (χ1) is 6.24. The number of rotatable bonds is 4. The predicted octanol–water partition coefficient (Wildman–Crippen LogP) is 0.802. The second kappa shape index (κ2) is 3.75. The second-order valence-electron chi connectivity index (χ2n) is 4.31. The molecule has 2 fully saturated rings. The molecule has 1 saturated carbocycles. The van der Waals surface area contributed by atoms with E-state index in [1.165, 1.54) is 24.3 Å². The van der Waals surface area contributed by atoms with Crippen molar-refractivity contribution in [2.24, 2.45) is 5.41 Å². The van der Waals surface area contributed by atoms with Crippen molar-refractivity contribution in [1.29, 1.82) is 0 Å². The van der Waals surface area contributed by atoms with Crippen LogP contribution >= 0.6 is 11.8 Å². The van der Waals surface area contributed by atoms with Crippen LogP contribution in [0.25, 0.3) is 0 Å². The molecule has 0 bridgehead atoms. The van der Waals surface area contributed by atoms with Gasteiger partial charge in [0.1, 0.15) is 6.67 Å². The minimum Gasteiger partial charge on any atom is -0.389 e. The fourth-order valence-electron chi connectivity index (χ4n) is 2.11. The normalized spacial score (nSPS) is 28.2. The van der Waals surface area contributed by atoms with Gasteiger partial charge in [-0.3, -0.25) is 0 Å². The van der Waals surface area contributed by atoms with Crippen molar-refractivity contribution < 1.29 is 9.50 Å². The first kappa shape index (κ1) is 9.74. The lowest BCUT2D eigenvalue weighted by molar-refractivity contribution is 0.0912. The van der Waals surface area contributed by atoms with Crippen LogP contribution in [0.3, 0.4) is 0 Å². The molecule has 76 valence electrons. The third-order valence-electron chi connectivity index (χ3n) is 3.00. The molecule has 1 heterocycles. The monoisotopic (exact) mass is 205 g/mol. The predicted molar refractivity (Wildman–Crippen MR) is 52.8 cm³/mol. The van der Waals surface area contributed by atoms with E-state index in [-0.39, 0.29) is 0 Å². The van der Waals surface area contributed by atoms with Gasteiger partial charge >= 0.3 is 0 Å². The van der Waals surface area contributed by atoms with Gasteiger partial charge < -0.3 is 10.4 Å². The Morgan fingerprint density at radius 3 is 2.69 bits per heavy atom. The maximum Gasteiger partial charge on any atom is 0.117 e. The van der Waals surface area contributed by atoms with Crippen molar-refractivity contribution >= 4 is 11.8 Å². The molecular weight excluding hydrogens is 189 g/mol. The lowest BCUT2D eigenvalue weighted by atomic mass is 9.67. The summed E-state index contributed by atoms with van der Waals surface area (Å²) in [6.07, 6.45) is 1.63. The number of aliphatic hydroxyl groups excluding tert-OH is 1. The van der Waals surface area contributed by atoms with Crippen molar-refractivity contribution in [2.75, 3.05) is 24.7 Å². The minimum atomic E-state index is -0.813. The maximum absolute atomic E-state index is 11.9. The smallest absolute Gasteiger partial charge is 0.117 e. The molecule has 0 radical (unpaired) electrons. The largest absolute Gasteiger partial charge is 0.389 e. The van der Waals surface area contributed by atoms with E-state index in [2.05, 4.69) is 5.32 Å². The lowest BCUT2D eigenvalue weighted by Gasteiger charge is -2.53. The molecule has 1 spiro atoms. The number of hydrogen-bond donors (Lipinski definition) is 2. The van der Waals surface area contributed by atoms with Gasteiger partial charge in [-0.1, -0.05) is 0 Å². The fourth-order valence-corrected chi connectivity index (χ4v) is 3.37. The van der Waals surface area contributed by atoms with Crippen LogP contribution in [-0.4, -0.2) is 42.0 Å². The highest BCUT2D eigenvalue weighted by Crippen LogP contribution is 2.52. The maximum atomic E-state index is 11.9. The molecule has 0 amide bonds. The summed E-state index contributed by atoms with van der Waals surface area (Å²) in [5, 5.41) is 12.2. The zero-order valence-electron chi connectivity index (χ0n) is 7.63. The topological polar surface area (TPSA) is 32.3 Å². The fraction of sp³-hybridized carbons (Fsp3) is 1.00. The Hall–Kier alpha value is 0.200. The number of hydrogen-bond acceptors (Lipinski definition) is 3. The zero-order valence-corrected chi connectivity index (χ0v) is 8.45. The van der Waals surface area contributed by atoms with Crippen molar-refractivity contribution in [3.8, 4) is 0 Å². The molecule has 4 heteroatoms. The third-order valence-corrected chi connectivity index (χ3v) is 4.63. The third kappa shape index (κ3) is 2.00. The van der Waals surface area contributed by atoms with Gasteiger partial charge in [-0.2, -0.15) is 11.8 Å². The molecule has 0 aromatic rings. The highest BCUT2D eigenvalue weighted by Gasteiger charge is 2.48. The van der Waals surface area contributed by atoms with Crippen LogP contribution in [0.1, 0.15) is 12.8 Å². The van der Waals surface area contributed by atoms with Crippen molar-refractivity contribution in [3.63, 3.8) is 0 Å². The van der Waals surface area contributed by atoms with Gasteiger partial charge in [-0.15, -0.1) is 0 Å². The van der Waals surface area contributed by atoms with Gasteiger partial charge in [0.2, 0.25) is 0 Å². The molecule has 1 saturated heterocycles. The number of alkyl halides is 1. The van der Waals surface area contributed by atoms with E-state index >= 15 is 0 Å². The van der Waals surface area contributed by atoms with Crippen LogP contribution in [-0.2, 0) is 0 Å². The van der Waals surface area contributed by atoms with Crippen LogP contribution in [0.15, 0.2) is 0 Å². The highest BCUT2D eigenvalue weighted by molar-refractivity contribution is 8.00. The molecule has 2 nitrogen and oxygen atoms in total. The van der Waals surface area contributed by atoms with Crippen LogP contribution < -0.4 is 5.32 Å². The number of thioether (sulfide) groups is 1. The Labute approximate surface area is 82.3 Å². The molecule has 1 aliphatic carbocycles. The zero-order chi connectivity index (χ0) is 9.31. The summed E-state index contributed by atoms with van der Waals surface area (Å²) in [4.78, 5) is 0. The van der Waals surface area contributed by atoms with Gasteiger partial charge in [-0.05, 0) is 29.8 Å². The lowest BCUT2D eigenvalue weighted by Crippen LogP contribution is -2.56. The number of aliphatic hydroxyl groups is 1. The summed E-state index contributed by atoms with van der Waals surface area (Å²) >= 11 is 2.01. The Morgan fingerprint density at radius 2 is 2.23 bits per heavy atom. The molecule has 2 N–H and O–H groups in total. The Kier molecular flexibility index (Phi) is 2.81. The molecular formula is C9H16FNOS. The van der Waals surface area contributed by atoms with Crippen LogP contribution in [0.5, 0.6) is 0 Å². The summed E-state index contributed by atoms with van der Waals surface area (Å²) in [7, 11) is 0. The van der Waals surface area contributed by atoms with Crippen molar-refractivity contribution in [3.05, 3.63) is 0 Å². The Bertz CT molecular complexity index is 178. The van der Waals surface area contributed by atoms with E-state index in [9.17, 15) is 4.39 Å². The van der Waals surface area contributed by atoms with Gasteiger partial charge in [0.05, 0.1) is 6.10 Å². The standard InChI is InChI=1S/C9H16FNOS/c10-3-8(12)4-11-7-1-9(2-7)5-13-6-9/h7-8,11-12H,1-6H2. The molecule has 2 aliphatic rings. The van der Waals surface area contributed by atoms with Crippen LogP contribution in [0.4, 0.5) is 4.39 Å². The average Bonchev–Trinajstić information content (AvgIpc) is 1.98. The number of nitrogens with one attached hydrogen (secondary N) is 1. The molecule has 13 heavy (non-hydrogen) atoms. The molecule has 1 aliphatic heterocycles. The molecule has 0 aromatic heterocycles. The summed E-state index contributed by atoms with van der Waals surface area (Å²) in [5.74, 6) is 2.60. The molecule has 1 atom stereocenters. The summed E-state index contributed by atoms with van der Waals surface area (Å²) < 4.78 is 11.9. The quantitative estimate of drug-likeness (QED) is 0.712. The SMILES string of the molecule is OC(CF)CNC1CC2(CSC2)C1. The van der Waals surface area contributed by atoms with E-state index in [1.54, 1.807) is 0 Å². The van der Waals surface area contributed by atoms with Gasteiger partial charge in [0.25, 0.3) is 0 Å². The van der Waals surface area contributed by atoms with Crippen molar-refractivity contribution in [1.82, 2.24) is 5.32 Å². The van der Waals surface area contributed by atoms with E-state index in [4.69, 9.17) is 5.11 Å². The average molecular weight is 205 g/mol. The van der Waals surface area contributed by atoms with Gasteiger partial charge in [-0.25, -0.2) is 4.39 Å².